The van der Waals surface area contributed by atoms with Crippen LogP contribution in [0.1, 0.15) is 11.3 Å². The summed E-state index contributed by atoms with van der Waals surface area (Å²) in [6.45, 7) is 1.75. The average molecular weight is 285 g/mol. The van der Waals surface area contributed by atoms with Crippen molar-refractivity contribution in [3.05, 3.63) is 45.6 Å². The molecule has 0 fully saturated rings. The number of anilines is 1. The van der Waals surface area contributed by atoms with Crippen LogP contribution in [-0.4, -0.2) is 21.9 Å². The summed E-state index contributed by atoms with van der Waals surface area (Å²) in [5, 5.41) is 22.6. The van der Waals surface area contributed by atoms with Crippen LogP contribution in [0.25, 0.3) is 0 Å². The van der Waals surface area contributed by atoms with Crippen LogP contribution in [-0.2, 0) is 0 Å². The monoisotopic (exact) mass is 285 g/mol. The van der Waals surface area contributed by atoms with Gasteiger partial charge >= 0.3 is 5.69 Å². The van der Waals surface area contributed by atoms with Crippen LogP contribution in [0.4, 0.5) is 11.6 Å². The summed E-state index contributed by atoms with van der Waals surface area (Å²) >= 11 is 0. The molecule has 0 bridgehead atoms. The molecule has 0 spiro atoms. The van der Waals surface area contributed by atoms with Crippen LogP contribution < -0.4 is 10.1 Å². The van der Waals surface area contributed by atoms with Gasteiger partial charge in [-0.2, -0.15) is 10.2 Å². The molecule has 2 aromatic rings. The number of nitro groups is 1. The summed E-state index contributed by atoms with van der Waals surface area (Å²) in [6, 6.07) is 7.37. The number of nitrogens with zero attached hydrogens (tertiary/aromatic N) is 4. The van der Waals surface area contributed by atoms with Crippen molar-refractivity contribution in [1.82, 2.24) is 9.97 Å². The Hall–Kier alpha value is -3.21. The first-order valence-electron chi connectivity index (χ1n) is 5.93. The number of hydrogen-bond donors (Lipinski definition) is 1. The second-order valence-electron chi connectivity index (χ2n) is 4.07. The smallest absolute Gasteiger partial charge is 0.312 e. The van der Waals surface area contributed by atoms with Gasteiger partial charge in [-0.15, -0.1) is 0 Å². The van der Waals surface area contributed by atoms with Crippen molar-refractivity contribution in [2.45, 2.75) is 6.92 Å². The molecule has 0 radical (unpaired) electrons. The lowest BCUT2D eigenvalue weighted by Gasteiger charge is -2.07. The van der Waals surface area contributed by atoms with E-state index in [4.69, 9.17) is 10.00 Å². The predicted molar refractivity (Wildman–Crippen MR) is 74.2 cm³/mol. The third kappa shape index (κ3) is 3.22. The van der Waals surface area contributed by atoms with E-state index in [0.717, 1.165) is 6.07 Å². The molecule has 1 aromatic heterocycles. The van der Waals surface area contributed by atoms with Gasteiger partial charge in [0.25, 0.3) is 0 Å². The fourth-order valence-corrected chi connectivity index (χ4v) is 1.63. The molecule has 0 saturated heterocycles. The minimum Gasteiger partial charge on any atom is -0.432 e. The number of nitrogens with one attached hydrogen (secondary N) is 1. The molecule has 0 aliphatic carbocycles. The van der Waals surface area contributed by atoms with Gasteiger partial charge < -0.3 is 10.1 Å². The highest BCUT2D eigenvalue weighted by Gasteiger charge is 2.17. The summed E-state index contributed by atoms with van der Waals surface area (Å²) in [4.78, 5) is 18.6. The molecule has 1 aromatic carbocycles. The zero-order valence-electron chi connectivity index (χ0n) is 11.3. The Labute approximate surface area is 120 Å². The molecule has 0 amide bonds. The molecule has 2 rings (SSSR count). The van der Waals surface area contributed by atoms with E-state index >= 15 is 0 Å². The number of benzene rings is 1. The lowest BCUT2D eigenvalue weighted by atomic mass is 10.2. The van der Waals surface area contributed by atoms with Gasteiger partial charge in [-0.25, -0.2) is 4.98 Å². The van der Waals surface area contributed by atoms with Crippen molar-refractivity contribution in [3.8, 4) is 17.7 Å². The van der Waals surface area contributed by atoms with Crippen molar-refractivity contribution in [3.63, 3.8) is 0 Å². The number of aryl methyl sites for hydroxylation is 1. The van der Waals surface area contributed by atoms with Gasteiger partial charge in [0.1, 0.15) is 0 Å². The van der Waals surface area contributed by atoms with Crippen LogP contribution in [0.3, 0.4) is 0 Å². The van der Waals surface area contributed by atoms with Crippen LogP contribution in [0, 0.1) is 28.4 Å². The van der Waals surface area contributed by atoms with E-state index < -0.39 is 4.92 Å². The summed E-state index contributed by atoms with van der Waals surface area (Å²) in [5.41, 5.74) is 0.542. The zero-order valence-corrected chi connectivity index (χ0v) is 11.3. The molecule has 0 saturated carbocycles. The van der Waals surface area contributed by atoms with Crippen molar-refractivity contribution in [1.29, 1.82) is 5.26 Å². The molecule has 8 nitrogen and oxygen atoms in total. The second kappa shape index (κ2) is 5.83. The second-order valence-corrected chi connectivity index (χ2v) is 4.07. The van der Waals surface area contributed by atoms with Gasteiger partial charge in [0.05, 0.1) is 16.6 Å². The van der Waals surface area contributed by atoms with Crippen molar-refractivity contribution >= 4 is 11.6 Å². The number of nitro benzene ring substituents is 1. The summed E-state index contributed by atoms with van der Waals surface area (Å²) in [5.74, 6) is 0.542. The van der Waals surface area contributed by atoms with E-state index in [9.17, 15) is 10.1 Å². The van der Waals surface area contributed by atoms with Gasteiger partial charge in [-0.1, -0.05) is 0 Å². The Bertz CT molecular complexity index is 739. The average Bonchev–Trinajstić information content (AvgIpc) is 2.46. The normalized spacial score (nSPS) is 9.76. The molecule has 8 heteroatoms. The first-order valence-corrected chi connectivity index (χ1v) is 5.93. The Morgan fingerprint density at radius 1 is 1.38 bits per heavy atom. The standard InChI is InChI=1S/C13H11N5O3/c1-8-5-12(17-13(15-2)16-8)21-11-4-3-9(7-14)6-10(11)18(19)20/h3-6H,1-2H3,(H,15,16,17). The van der Waals surface area contributed by atoms with Gasteiger partial charge in [0, 0.05) is 24.9 Å². The maximum Gasteiger partial charge on any atom is 0.312 e. The first kappa shape index (κ1) is 14.2. The molecule has 1 heterocycles. The summed E-state index contributed by atoms with van der Waals surface area (Å²) in [7, 11) is 1.66. The maximum absolute atomic E-state index is 11.0. The molecule has 0 unspecified atom stereocenters. The largest absolute Gasteiger partial charge is 0.432 e. The van der Waals surface area contributed by atoms with E-state index in [-0.39, 0.29) is 22.9 Å². The molecule has 0 aliphatic heterocycles. The highest BCUT2D eigenvalue weighted by atomic mass is 16.6. The van der Waals surface area contributed by atoms with Crippen LogP contribution in [0.15, 0.2) is 24.3 Å². The van der Waals surface area contributed by atoms with Gasteiger partial charge in [-0.05, 0) is 19.1 Å². The van der Waals surface area contributed by atoms with Gasteiger partial charge in [0.2, 0.25) is 17.6 Å². The molecular formula is C13H11N5O3. The highest BCUT2D eigenvalue weighted by molar-refractivity contribution is 5.53. The number of hydrogen-bond acceptors (Lipinski definition) is 7. The number of ether oxygens (including phenoxy) is 1. The Morgan fingerprint density at radius 3 is 2.76 bits per heavy atom. The van der Waals surface area contributed by atoms with Crippen molar-refractivity contribution < 1.29 is 9.66 Å². The minimum absolute atomic E-state index is 0.0131. The maximum atomic E-state index is 11.0. The molecule has 0 aliphatic rings. The number of rotatable bonds is 4. The summed E-state index contributed by atoms with van der Waals surface area (Å²) in [6.07, 6.45) is 0. The van der Waals surface area contributed by atoms with Crippen LogP contribution in [0.5, 0.6) is 11.6 Å². The van der Waals surface area contributed by atoms with Gasteiger partial charge in [0.15, 0.2) is 0 Å². The third-order valence-electron chi connectivity index (χ3n) is 2.55. The minimum atomic E-state index is -0.608. The van der Waals surface area contributed by atoms with E-state index in [2.05, 4.69) is 15.3 Å². The predicted octanol–water partition coefficient (Wildman–Crippen LogP) is 2.40. The van der Waals surface area contributed by atoms with E-state index in [0.29, 0.717) is 11.6 Å². The van der Waals surface area contributed by atoms with Crippen LogP contribution >= 0.6 is 0 Å². The Balaban J connectivity index is 2.42. The molecular weight excluding hydrogens is 274 g/mol. The van der Waals surface area contributed by atoms with E-state index in [1.54, 1.807) is 20.0 Å². The topological polar surface area (TPSA) is 114 Å². The lowest BCUT2D eigenvalue weighted by Crippen LogP contribution is -2.01. The molecule has 1 N–H and O–H groups in total. The Morgan fingerprint density at radius 2 is 2.14 bits per heavy atom. The first-order chi connectivity index (χ1) is 10.0. The Kier molecular flexibility index (Phi) is 3.95. The molecule has 106 valence electrons. The fraction of sp³-hybridized carbons (Fsp3) is 0.154. The number of aromatic nitrogens is 2. The van der Waals surface area contributed by atoms with Gasteiger partial charge in [-0.3, -0.25) is 10.1 Å². The highest BCUT2D eigenvalue weighted by Crippen LogP contribution is 2.31. The van der Waals surface area contributed by atoms with E-state index in [1.807, 2.05) is 6.07 Å². The molecule has 0 atom stereocenters. The SMILES string of the molecule is CNc1nc(C)cc(Oc2ccc(C#N)cc2[N+](=O)[O-])n1. The van der Waals surface area contributed by atoms with E-state index in [1.165, 1.54) is 12.1 Å². The van der Waals surface area contributed by atoms with Crippen molar-refractivity contribution in [2.75, 3.05) is 12.4 Å². The number of nitriles is 1. The fourth-order valence-electron chi connectivity index (χ4n) is 1.63. The summed E-state index contributed by atoms with van der Waals surface area (Å²) < 4.78 is 5.45. The molecule has 21 heavy (non-hydrogen) atoms. The third-order valence-corrected chi connectivity index (χ3v) is 2.55. The van der Waals surface area contributed by atoms with Crippen molar-refractivity contribution in [2.24, 2.45) is 0 Å². The quantitative estimate of drug-likeness (QED) is 0.677. The lowest BCUT2D eigenvalue weighted by molar-refractivity contribution is -0.385. The zero-order chi connectivity index (χ0) is 15.4. The van der Waals surface area contributed by atoms with Crippen LogP contribution in [0.2, 0.25) is 0 Å².